The number of nitrogens with one attached hydrogen (secondary N) is 1. The van der Waals surface area contributed by atoms with Gasteiger partial charge in [-0.05, 0) is 12.1 Å². The third-order valence-corrected chi connectivity index (χ3v) is 7.19. The zero-order chi connectivity index (χ0) is 19.1. The van der Waals surface area contributed by atoms with Crippen LogP contribution in [0.15, 0.2) is 36.0 Å². The van der Waals surface area contributed by atoms with Crippen molar-refractivity contribution < 1.29 is 4.79 Å². The van der Waals surface area contributed by atoms with E-state index in [2.05, 4.69) is 21.0 Å². The summed E-state index contributed by atoms with van der Waals surface area (Å²) in [5.74, 6) is 0.0872. The second-order valence-corrected chi connectivity index (χ2v) is 8.98. The number of hydrogen-bond acceptors (Lipinski definition) is 6. The van der Waals surface area contributed by atoms with E-state index in [4.69, 9.17) is 16.6 Å². The molecule has 1 amide bonds. The van der Waals surface area contributed by atoms with Crippen molar-refractivity contribution in [2.45, 2.75) is 25.3 Å². The SMILES string of the molecule is O=C(CCc1nc(Cl)cs1)N1CCc2[nH]cnc2[C@H]1c1nc2ccccc2s1. The minimum atomic E-state index is -0.250. The Labute approximate surface area is 174 Å². The number of aromatic nitrogens is 4. The van der Waals surface area contributed by atoms with E-state index in [0.717, 1.165) is 38.0 Å². The normalized spacial score (nSPS) is 16.5. The van der Waals surface area contributed by atoms with Crippen molar-refractivity contribution >= 4 is 50.4 Å². The maximum Gasteiger partial charge on any atom is 0.223 e. The molecule has 0 radical (unpaired) electrons. The molecule has 1 aliphatic rings. The van der Waals surface area contributed by atoms with Crippen molar-refractivity contribution in [2.24, 2.45) is 0 Å². The summed E-state index contributed by atoms with van der Waals surface area (Å²) >= 11 is 9.01. The third-order valence-electron chi connectivity index (χ3n) is 4.87. The number of rotatable bonds is 4. The smallest absolute Gasteiger partial charge is 0.223 e. The molecule has 6 nitrogen and oxygen atoms in total. The van der Waals surface area contributed by atoms with Gasteiger partial charge in [-0.25, -0.2) is 15.0 Å². The van der Waals surface area contributed by atoms with Crippen LogP contribution in [0.5, 0.6) is 0 Å². The van der Waals surface area contributed by atoms with Crippen molar-refractivity contribution in [1.29, 1.82) is 0 Å². The molecule has 4 heterocycles. The average Bonchev–Trinajstić information content (AvgIpc) is 3.43. The van der Waals surface area contributed by atoms with Crippen molar-refractivity contribution in [3.63, 3.8) is 0 Å². The number of carbonyl (C=O) groups is 1. The molecule has 1 aliphatic heterocycles. The molecule has 0 saturated carbocycles. The summed E-state index contributed by atoms with van der Waals surface area (Å²) in [6, 6.07) is 7.80. The number of imidazole rings is 1. The number of fused-ring (bicyclic) bond motifs is 2. The molecule has 1 aromatic carbocycles. The Morgan fingerprint density at radius 3 is 3.04 bits per heavy atom. The molecule has 0 fully saturated rings. The van der Waals surface area contributed by atoms with Crippen molar-refractivity contribution in [2.75, 3.05) is 6.54 Å². The predicted molar refractivity (Wildman–Crippen MR) is 111 cm³/mol. The second-order valence-electron chi connectivity index (χ2n) is 6.59. The number of amides is 1. The van der Waals surface area contributed by atoms with Crippen LogP contribution in [0.1, 0.15) is 33.9 Å². The molecule has 4 aromatic rings. The lowest BCUT2D eigenvalue weighted by atomic mass is 10.0. The summed E-state index contributed by atoms with van der Waals surface area (Å²) in [6.07, 6.45) is 3.46. The number of H-pyrrole nitrogens is 1. The fourth-order valence-electron chi connectivity index (χ4n) is 3.56. The van der Waals surface area contributed by atoms with Crippen LogP contribution in [0.2, 0.25) is 5.15 Å². The van der Waals surface area contributed by atoms with E-state index in [9.17, 15) is 4.79 Å². The molecular weight excluding hydrogens is 414 g/mol. The van der Waals surface area contributed by atoms with Crippen molar-refractivity contribution in [3.8, 4) is 0 Å². The number of benzene rings is 1. The van der Waals surface area contributed by atoms with Gasteiger partial charge >= 0.3 is 0 Å². The maximum absolute atomic E-state index is 13.1. The number of hydrogen-bond donors (Lipinski definition) is 1. The van der Waals surface area contributed by atoms with Crippen LogP contribution < -0.4 is 0 Å². The van der Waals surface area contributed by atoms with E-state index in [-0.39, 0.29) is 11.9 Å². The van der Waals surface area contributed by atoms with Crippen LogP contribution in [0, 0.1) is 0 Å². The highest BCUT2D eigenvalue weighted by Crippen LogP contribution is 2.37. The largest absolute Gasteiger partial charge is 0.348 e. The molecule has 0 saturated heterocycles. The van der Waals surface area contributed by atoms with Crippen LogP contribution in [0.25, 0.3) is 10.2 Å². The molecule has 0 spiro atoms. The van der Waals surface area contributed by atoms with Gasteiger partial charge in [-0.3, -0.25) is 4.79 Å². The molecular formula is C19H16ClN5OS2. The lowest BCUT2D eigenvalue weighted by Crippen LogP contribution is -2.40. The van der Waals surface area contributed by atoms with E-state index in [1.807, 2.05) is 23.1 Å². The highest BCUT2D eigenvalue weighted by atomic mass is 35.5. The molecule has 1 N–H and O–H groups in total. The van der Waals surface area contributed by atoms with Gasteiger partial charge < -0.3 is 9.88 Å². The Morgan fingerprint density at radius 1 is 1.32 bits per heavy atom. The number of carbonyl (C=O) groups excluding carboxylic acids is 1. The summed E-state index contributed by atoms with van der Waals surface area (Å²) in [5, 5.41) is 4.06. The fourth-order valence-corrected chi connectivity index (χ4v) is 5.59. The van der Waals surface area contributed by atoms with Gasteiger partial charge in [0.1, 0.15) is 16.2 Å². The van der Waals surface area contributed by atoms with Gasteiger partial charge in [-0.15, -0.1) is 22.7 Å². The van der Waals surface area contributed by atoms with Gasteiger partial charge in [0, 0.05) is 36.9 Å². The Kier molecular flexibility index (Phi) is 4.62. The summed E-state index contributed by atoms with van der Waals surface area (Å²) in [6.45, 7) is 0.646. The minimum absolute atomic E-state index is 0.0872. The molecule has 142 valence electrons. The topological polar surface area (TPSA) is 74.8 Å². The molecule has 0 unspecified atom stereocenters. The first-order chi connectivity index (χ1) is 13.7. The Balaban J connectivity index is 1.46. The summed E-state index contributed by atoms with van der Waals surface area (Å²) in [5.41, 5.74) is 2.94. The predicted octanol–water partition coefficient (Wildman–Crippen LogP) is 4.24. The highest BCUT2D eigenvalue weighted by Gasteiger charge is 2.35. The van der Waals surface area contributed by atoms with Crippen LogP contribution in [0.4, 0.5) is 0 Å². The standard InChI is InChI=1S/C19H16ClN5OS2/c20-14-9-27-15(24-14)5-6-16(26)25-8-7-12-17(22-10-21-12)18(25)19-23-11-3-1-2-4-13(11)28-19/h1-4,9-10,18H,5-8H2,(H,21,22)/t18-/m0/s1. The molecule has 0 bridgehead atoms. The van der Waals surface area contributed by atoms with Crippen LogP contribution >= 0.6 is 34.3 Å². The van der Waals surface area contributed by atoms with Gasteiger partial charge in [-0.1, -0.05) is 23.7 Å². The first-order valence-corrected chi connectivity index (χ1v) is 11.0. The summed E-state index contributed by atoms with van der Waals surface area (Å²) < 4.78 is 1.12. The number of aryl methyl sites for hydroxylation is 1. The molecule has 3 aromatic heterocycles. The molecule has 28 heavy (non-hydrogen) atoms. The molecule has 1 atom stereocenters. The average molecular weight is 430 g/mol. The van der Waals surface area contributed by atoms with E-state index in [1.54, 1.807) is 23.0 Å². The zero-order valence-corrected chi connectivity index (χ0v) is 17.2. The summed E-state index contributed by atoms with van der Waals surface area (Å²) in [7, 11) is 0. The first kappa shape index (κ1) is 17.8. The second kappa shape index (κ2) is 7.27. The van der Waals surface area contributed by atoms with Crippen LogP contribution in [-0.4, -0.2) is 37.3 Å². The minimum Gasteiger partial charge on any atom is -0.348 e. The first-order valence-electron chi connectivity index (χ1n) is 8.96. The number of para-hydroxylation sites is 1. The van der Waals surface area contributed by atoms with E-state index < -0.39 is 0 Å². The molecule has 9 heteroatoms. The number of halogens is 1. The van der Waals surface area contributed by atoms with Gasteiger partial charge in [0.25, 0.3) is 0 Å². The maximum atomic E-state index is 13.1. The van der Waals surface area contributed by atoms with Gasteiger partial charge in [0.05, 0.1) is 27.2 Å². The summed E-state index contributed by atoms with van der Waals surface area (Å²) in [4.78, 5) is 31.8. The van der Waals surface area contributed by atoms with Crippen LogP contribution in [0.3, 0.4) is 0 Å². The zero-order valence-electron chi connectivity index (χ0n) is 14.8. The van der Waals surface area contributed by atoms with E-state index >= 15 is 0 Å². The fraction of sp³-hybridized carbons (Fsp3) is 0.263. The lowest BCUT2D eigenvalue weighted by Gasteiger charge is -2.33. The number of thiazole rings is 2. The van der Waals surface area contributed by atoms with Crippen molar-refractivity contribution in [1.82, 2.24) is 24.8 Å². The van der Waals surface area contributed by atoms with E-state index in [0.29, 0.717) is 24.5 Å². The molecule has 5 rings (SSSR count). The Hall–Kier alpha value is -2.29. The quantitative estimate of drug-likeness (QED) is 0.526. The molecule has 0 aliphatic carbocycles. The van der Waals surface area contributed by atoms with Gasteiger partial charge in [0.15, 0.2) is 0 Å². The number of nitrogens with zero attached hydrogens (tertiary/aromatic N) is 4. The Morgan fingerprint density at radius 2 is 2.21 bits per heavy atom. The van der Waals surface area contributed by atoms with Crippen LogP contribution in [-0.2, 0) is 17.6 Å². The lowest BCUT2D eigenvalue weighted by molar-refractivity contribution is -0.133. The van der Waals surface area contributed by atoms with Crippen molar-refractivity contribution in [3.05, 3.63) is 62.5 Å². The highest BCUT2D eigenvalue weighted by molar-refractivity contribution is 7.18. The monoisotopic (exact) mass is 429 g/mol. The van der Waals surface area contributed by atoms with Gasteiger partial charge in [-0.2, -0.15) is 0 Å². The number of aromatic amines is 1. The Bertz CT molecular complexity index is 1120. The third kappa shape index (κ3) is 3.21. The van der Waals surface area contributed by atoms with E-state index in [1.165, 1.54) is 11.3 Å². The van der Waals surface area contributed by atoms with Gasteiger partial charge in [0.2, 0.25) is 5.91 Å².